The van der Waals surface area contributed by atoms with Crippen molar-refractivity contribution < 1.29 is 14.6 Å². The first-order chi connectivity index (χ1) is 10.8. The van der Waals surface area contributed by atoms with Crippen molar-refractivity contribution in [1.29, 1.82) is 0 Å². The molecule has 3 nitrogen and oxygen atoms in total. The quantitative estimate of drug-likeness (QED) is 0.243. The summed E-state index contributed by atoms with van der Waals surface area (Å²) in [6.07, 6.45) is 20.4. The lowest BCUT2D eigenvalue weighted by Gasteiger charge is -2.03. The molecule has 0 atom stereocenters. The van der Waals surface area contributed by atoms with Crippen LogP contribution in [-0.2, 0) is 9.53 Å². The molecular formula is C19H36O3. The molecule has 130 valence electrons. The maximum atomic E-state index is 10.6. The maximum absolute atomic E-state index is 10.6. The minimum absolute atomic E-state index is 0.166. The lowest BCUT2D eigenvalue weighted by atomic mass is 10.1. The lowest BCUT2D eigenvalue weighted by Crippen LogP contribution is -2.00. The van der Waals surface area contributed by atoms with Gasteiger partial charge in [0.05, 0.1) is 6.61 Å². The van der Waals surface area contributed by atoms with Gasteiger partial charge in [-0.3, -0.25) is 4.79 Å². The van der Waals surface area contributed by atoms with Crippen LogP contribution in [0.25, 0.3) is 0 Å². The van der Waals surface area contributed by atoms with Crippen LogP contribution in [0.1, 0.15) is 90.4 Å². The SMILES string of the molecule is CC(=O)OCCCCCCCCCCCCCC=CCCO. The number of allylic oxidation sites excluding steroid dienone is 1. The van der Waals surface area contributed by atoms with Crippen molar-refractivity contribution in [2.24, 2.45) is 0 Å². The van der Waals surface area contributed by atoms with Crippen molar-refractivity contribution >= 4 is 5.97 Å². The molecule has 0 amide bonds. The Morgan fingerprint density at radius 1 is 0.773 bits per heavy atom. The van der Waals surface area contributed by atoms with Crippen LogP contribution in [0.3, 0.4) is 0 Å². The third-order valence-corrected chi connectivity index (χ3v) is 3.78. The molecule has 0 bridgehead atoms. The molecule has 22 heavy (non-hydrogen) atoms. The first-order valence-electron chi connectivity index (χ1n) is 9.16. The second kappa shape index (κ2) is 18.2. The molecule has 0 unspecified atom stereocenters. The first kappa shape index (κ1) is 21.2. The standard InChI is InChI=1S/C19H36O3/c1-19(21)22-18-16-14-12-10-8-6-4-2-3-5-7-9-11-13-15-17-20/h11,13,20H,2-10,12,14-18H2,1H3. The van der Waals surface area contributed by atoms with E-state index in [-0.39, 0.29) is 12.6 Å². The molecule has 0 saturated heterocycles. The summed E-state index contributed by atoms with van der Waals surface area (Å²) < 4.78 is 4.91. The molecule has 1 N–H and O–H groups in total. The molecule has 0 aromatic heterocycles. The average molecular weight is 312 g/mol. The first-order valence-corrected chi connectivity index (χ1v) is 9.16. The van der Waals surface area contributed by atoms with E-state index in [0.717, 1.165) is 19.3 Å². The Morgan fingerprint density at radius 2 is 1.23 bits per heavy atom. The van der Waals surface area contributed by atoms with E-state index in [2.05, 4.69) is 12.2 Å². The van der Waals surface area contributed by atoms with Gasteiger partial charge in [-0.25, -0.2) is 0 Å². The normalized spacial score (nSPS) is 11.2. The van der Waals surface area contributed by atoms with Crippen molar-refractivity contribution in [2.75, 3.05) is 13.2 Å². The summed E-state index contributed by atoms with van der Waals surface area (Å²) in [6, 6.07) is 0. The number of hydrogen-bond donors (Lipinski definition) is 1. The van der Waals surface area contributed by atoms with Gasteiger partial charge >= 0.3 is 5.97 Å². The molecule has 0 aromatic carbocycles. The molecule has 0 aromatic rings. The number of unbranched alkanes of at least 4 members (excludes halogenated alkanes) is 11. The Balaban J connectivity index is 3.01. The van der Waals surface area contributed by atoms with Gasteiger partial charge in [0, 0.05) is 13.5 Å². The van der Waals surface area contributed by atoms with Crippen LogP contribution < -0.4 is 0 Å². The number of carbonyl (C=O) groups excluding carboxylic acids is 1. The van der Waals surface area contributed by atoms with Gasteiger partial charge in [0.1, 0.15) is 0 Å². The lowest BCUT2D eigenvalue weighted by molar-refractivity contribution is -0.141. The second-order valence-corrected chi connectivity index (χ2v) is 6.00. The fourth-order valence-electron chi connectivity index (χ4n) is 2.48. The largest absolute Gasteiger partial charge is 0.466 e. The molecular weight excluding hydrogens is 276 g/mol. The number of hydrogen-bond acceptors (Lipinski definition) is 3. The van der Waals surface area contributed by atoms with Gasteiger partial charge < -0.3 is 9.84 Å². The molecule has 0 radical (unpaired) electrons. The van der Waals surface area contributed by atoms with Gasteiger partial charge in [-0.1, -0.05) is 69.9 Å². The molecule has 0 saturated carbocycles. The van der Waals surface area contributed by atoms with E-state index < -0.39 is 0 Å². The summed E-state index contributed by atoms with van der Waals surface area (Å²) in [4.78, 5) is 10.6. The summed E-state index contributed by atoms with van der Waals surface area (Å²) >= 11 is 0. The van der Waals surface area contributed by atoms with E-state index in [1.54, 1.807) is 0 Å². The number of rotatable bonds is 16. The molecule has 3 heteroatoms. The zero-order chi connectivity index (χ0) is 16.3. The highest BCUT2D eigenvalue weighted by molar-refractivity contribution is 5.65. The zero-order valence-corrected chi connectivity index (χ0v) is 14.5. The van der Waals surface area contributed by atoms with Crippen LogP contribution in [0.5, 0.6) is 0 Å². The molecule has 0 aliphatic carbocycles. The smallest absolute Gasteiger partial charge is 0.302 e. The molecule has 0 aliphatic heterocycles. The summed E-state index contributed by atoms with van der Waals surface area (Å²) in [5.74, 6) is -0.166. The van der Waals surface area contributed by atoms with Crippen LogP contribution in [0, 0.1) is 0 Å². The highest BCUT2D eigenvalue weighted by Crippen LogP contribution is 2.12. The molecule has 0 aliphatic rings. The van der Waals surface area contributed by atoms with E-state index in [1.165, 1.54) is 71.1 Å². The van der Waals surface area contributed by atoms with Crippen molar-refractivity contribution in [1.82, 2.24) is 0 Å². The Morgan fingerprint density at radius 3 is 1.73 bits per heavy atom. The molecule has 0 heterocycles. The van der Waals surface area contributed by atoms with Gasteiger partial charge in [0.15, 0.2) is 0 Å². The van der Waals surface area contributed by atoms with E-state index in [1.807, 2.05) is 0 Å². The Hall–Kier alpha value is -0.830. The van der Waals surface area contributed by atoms with Crippen molar-refractivity contribution in [3.05, 3.63) is 12.2 Å². The fraction of sp³-hybridized carbons (Fsp3) is 0.842. The fourth-order valence-corrected chi connectivity index (χ4v) is 2.48. The summed E-state index contributed by atoms with van der Waals surface area (Å²) in [7, 11) is 0. The predicted molar refractivity (Wildman–Crippen MR) is 92.9 cm³/mol. The maximum Gasteiger partial charge on any atom is 0.302 e. The molecule has 0 fully saturated rings. The number of aliphatic hydroxyl groups excluding tert-OH is 1. The zero-order valence-electron chi connectivity index (χ0n) is 14.5. The number of carbonyl (C=O) groups is 1. The van der Waals surface area contributed by atoms with Gasteiger partial charge in [-0.15, -0.1) is 0 Å². The monoisotopic (exact) mass is 312 g/mol. The highest BCUT2D eigenvalue weighted by atomic mass is 16.5. The Labute approximate surface area is 137 Å². The van der Waals surface area contributed by atoms with Gasteiger partial charge in [0.25, 0.3) is 0 Å². The van der Waals surface area contributed by atoms with Crippen LogP contribution in [0.15, 0.2) is 12.2 Å². The summed E-state index contributed by atoms with van der Waals surface area (Å²) in [5.41, 5.74) is 0. The molecule has 0 spiro atoms. The van der Waals surface area contributed by atoms with Crippen molar-refractivity contribution in [2.45, 2.75) is 90.4 Å². The summed E-state index contributed by atoms with van der Waals surface area (Å²) in [5, 5.41) is 8.63. The summed E-state index contributed by atoms with van der Waals surface area (Å²) in [6.45, 7) is 2.32. The second-order valence-electron chi connectivity index (χ2n) is 6.00. The van der Waals surface area contributed by atoms with E-state index in [9.17, 15) is 4.79 Å². The number of esters is 1. The number of ether oxygens (including phenoxy) is 1. The van der Waals surface area contributed by atoms with Crippen molar-refractivity contribution in [3.8, 4) is 0 Å². The number of aliphatic hydroxyl groups is 1. The topological polar surface area (TPSA) is 46.5 Å². The third kappa shape index (κ3) is 19.2. The minimum atomic E-state index is -0.166. The minimum Gasteiger partial charge on any atom is -0.466 e. The van der Waals surface area contributed by atoms with Crippen LogP contribution >= 0.6 is 0 Å². The van der Waals surface area contributed by atoms with E-state index in [0.29, 0.717) is 6.61 Å². The van der Waals surface area contributed by atoms with Gasteiger partial charge in [0.2, 0.25) is 0 Å². The van der Waals surface area contributed by atoms with Crippen LogP contribution in [0.4, 0.5) is 0 Å². The third-order valence-electron chi connectivity index (χ3n) is 3.78. The van der Waals surface area contributed by atoms with Crippen molar-refractivity contribution in [3.63, 3.8) is 0 Å². The van der Waals surface area contributed by atoms with E-state index in [4.69, 9.17) is 9.84 Å². The highest BCUT2D eigenvalue weighted by Gasteiger charge is 1.95. The Kier molecular flexibility index (Phi) is 17.5. The van der Waals surface area contributed by atoms with Crippen LogP contribution in [-0.4, -0.2) is 24.3 Å². The van der Waals surface area contributed by atoms with Gasteiger partial charge in [-0.05, 0) is 25.7 Å². The van der Waals surface area contributed by atoms with E-state index >= 15 is 0 Å². The van der Waals surface area contributed by atoms with Gasteiger partial charge in [-0.2, -0.15) is 0 Å². The predicted octanol–water partition coefficient (Wildman–Crippen LogP) is 5.17. The van der Waals surface area contributed by atoms with Crippen LogP contribution in [0.2, 0.25) is 0 Å². The molecule has 0 rings (SSSR count). The Bertz CT molecular complexity index is 261. The average Bonchev–Trinajstić information content (AvgIpc) is 2.50.